The predicted octanol–water partition coefficient (Wildman–Crippen LogP) is 4.82. The number of hydrogen-bond donors (Lipinski definition) is 0. The van der Waals surface area contributed by atoms with Crippen LogP contribution in [0.3, 0.4) is 0 Å². The van der Waals surface area contributed by atoms with Crippen molar-refractivity contribution in [2.75, 3.05) is 0 Å². The Hall–Kier alpha value is -2.88. The smallest absolute Gasteiger partial charge is 0.196 e. The summed E-state index contributed by atoms with van der Waals surface area (Å²) in [6.45, 7) is 4.25. The van der Waals surface area contributed by atoms with Crippen molar-refractivity contribution in [1.82, 2.24) is 15.0 Å². The maximum Gasteiger partial charge on any atom is 0.196 e. The maximum absolute atomic E-state index is 6.30. The number of para-hydroxylation sites is 1. The predicted molar refractivity (Wildman–Crippen MR) is 96.0 cm³/mol. The van der Waals surface area contributed by atoms with E-state index in [4.69, 9.17) is 4.74 Å². The molecule has 4 nitrogen and oxygen atoms in total. The number of rotatable bonds is 4. The fraction of sp³-hybridized carbons (Fsp3) is 0.200. The van der Waals surface area contributed by atoms with Crippen LogP contribution in [0.5, 0.6) is 5.75 Å². The highest BCUT2D eigenvalue weighted by molar-refractivity contribution is 5.83. The Balaban J connectivity index is 1.73. The Labute approximate surface area is 140 Å². The molecule has 0 spiro atoms. The van der Waals surface area contributed by atoms with Crippen LogP contribution in [0, 0.1) is 5.92 Å². The van der Waals surface area contributed by atoms with Gasteiger partial charge in [0.25, 0.3) is 0 Å². The zero-order chi connectivity index (χ0) is 16.5. The summed E-state index contributed by atoms with van der Waals surface area (Å²) < 4.78 is 8.17. The van der Waals surface area contributed by atoms with E-state index in [1.807, 2.05) is 47.1 Å². The molecule has 1 heterocycles. The van der Waals surface area contributed by atoms with Crippen molar-refractivity contribution in [1.29, 1.82) is 0 Å². The van der Waals surface area contributed by atoms with Gasteiger partial charge in [0.15, 0.2) is 6.23 Å². The average Bonchev–Trinajstić information content (AvgIpc) is 3.03. The van der Waals surface area contributed by atoms with E-state index >= 15 is 0 Å². The van der Waals surface area contributed by atoms with E-state index in [0.29, 0.717) is 0 Å². The third-order valence-electron chi connectivity index (χ3n) is 4.17. The Kier molecular flexibility index (Phi) is 3.65. The Bertz CT molecular complexity index is 990. The molecule has 4 heteroatoms. The van der Waals surface area contributed by atoms with Crippen LogP contribution >= 0.6 is 0 Å². The van der Waals surface area contributed by atoms with Crippen LogP contribution in [0.4, 0.5) is 0 Å². The van der Waals surface area contributed by atoms with Crippen molar-refractivity contribution >= 4 is 21.8 Å². The van der Waals surface area contributed by atoms with Crippen molar-refractivity contribution in [2.45, 2.75) is 20.1 Å². The van der Waals surface area contributed by atoms with Crippen LogP contribution in [-0.4, -0.2) is 15.0 Å². The molecule has 4 rings (SSSR count). The van der Waals surface area contributed by atoms with Gasteiger partial charge < -0.3 is 4.74 Å². The number of aromatic nitrogens is 3. The van der Waals surface area contributed by atoms with Crippen molar-refractivity contribution in [3.8, 4) is 5.75 Å². The van der Waals surface area contributed by atoms with Crippen LogP contribution in [-0.2, 0) is 0 Å². The first-order chi connectivity index (χ1) is 11.7. The summed E-state index contributed by atoms with van der Waals surface area (Å²) in [6.07, 6.45) is -0.210. The molecule has 1 aromatic heterocycles. The lowest BCUT2D eigenvalue weighted by molar-refractivity contribution is 0.0735. The summed E-state index contributed by atoms with van der Waals surface area (Å²) in [4.78, 5) is 0. The van der Waals surface area contributed by atoms with Gasteiger partial charge in [0.2, 0.25) is 0 Å². The molecule has 4 aromatic rings. The molecule has 0 N–H and O–H groups in total. The third-order valence-corrected chi connectivity index (χ3v) is 4.17. The maximum atomic E-state index is 6.30. The summed E-state index contributed by atoms with van der Waals surface area (Å²) >= 11 is 0. The highest BCUT2D eigenvalue weighted by Crippen LogP contribution is 2.28. The van der Waals surface area contributed by atoms with Crippen molar-refractivity contribution < 1.29 is 4.74 Å². The lowest BCUT2D eigenvalue weighted by atomic mass is 10.1. The highest BCUT2D eigenvalue weighted by Gasteiger charge is 2.21. The molecule has 0 aliphatic heterocycles. The van der Waals surface area contributed by atoms with Crippen molar-refractivity contribution in [2.24, 2.45) is 5.92 Å². The molecule has 0 amide bonds. The molecule has 0 bridgehead atoms. The third kappa shape index (κ3) is 2.60. The first-order valence-corrected chi connectivity index (χ1v) is 8.18. The zero-order valence-electron chi connectivity index (χ0n) is 13.8. The zero-order valence-corrected chi connectivity index (χ0v) is 13.8. The molecule has 120 valence electrons. The Morgan fingerprint density at radius 1 is 0.875 bits per heavy atom. The van der Waals surface area contributed by atoms with E-state index < -0.39 is 0 Å². The van der Waals surface area contributed by atoms with Crippen LogP contribution < -0.4 is 4.74 Å². The van der Waals surface area contributed by atoms with Gasteiger partial charge in [-0.1, -0.05) is 61.5 Å². The average molecular weight is 317 g/mol. The van der Waals surface area contributed by atoms with E-state index in [9.17, 15) is 0 Å². The second kappa shape index (κ2) is 5.96. The Morgan fingerprint density at radius 3 is 2.46 bits per heavy atom. The molecule has 0 saturated carbocycles. The molecular formula is C20H19N3O. The molecule has 24 heavy (non-hydrogen) atoms. The van der Waals surface area contributed by atoms with Gasteiger partial charge in [-0.3, -0.25) is 0 Å². The number of benzene rings is 3. The summed E-state index contributed by atoms with van der Waals surface area (Å²) in [5, 5.41) is 10.9. The van der Waals surface area contributed by atoms with Gasteiger partial charge in [-0.15, -0.1) is 5.10 Å². The Morgan fingerprint density at radius 2 is 1.62 bits per heavy atom. The molecule has 1 atom stereocenters. The minimum absolute atomic E-state index is 0.210. The van der Waals surface area contributed by atoms with Gasteiger partial charge in [0.1, 0.15) is 11.3 Å². The molecule has 0 fully saturated rings. The molecule has 0 aliphatic carbocycles. The number of ether oxygens (including phenoxy) is 1. The molecule has 3 aromatic carbocycles. The van der Waals surface area contributed by atoms with E-state index in [1.54, 1.807) is 0 Å². The molecule has 0 radical (unpaired) electrons. The normalized spacial score (nSPS) is 12.8. The lowest BCUT2D eigenvalue weighted by Gasteiger charge is -2.23. The molecule has 0 aliphatic rings. The van der Waals surface area contributed by atoms with E-state index in [2.05, 4.69) is 48.4 Å². The summed E-state index contributed by atoms with van der Waals surface area (Å²) in [5.41, 5.74) is 1.86. The van der Waals surface area contributed by atoms with Crippen molar-refractivity contribution in [3.63, 3.8) is 0 Å². The first-order valence-electron chi connectivity index (χ1n) is 8.18. The van der Waals surface area contributed by atoms with Gasteiger partial charge in [-0.05, 0) is 35.0 Å². The SMILES string of the molecule is CC(C)C(Oc1ccc2ccccc2c1)n1nnc2ccccc21. The van der Waals surface area contributed by atoms with E-state index in [1.165, 1.54) is 10.8 Å². The quantitative estimate of drug-likeness (QED) is 0.542. The van der Waals surface area contributed by atoms with Crippen LogP contribution in [0.25, 0.3) is 21.8 Å². The fourth-order valence-corrected chi connectivity index (χ4v) is 2.92. The fourth-order valence-electron chi connectivity index (χ4n) is 2.92. The van der Waals surface area contributed by atoms with Crippen molar-refractivity contribution in [3.05, 3.63) is 66.7 Å². The van der Waals surface area contributed by atoms with Crippen LogP contribution in [0.1, 0.15) is 20.1 Å². The number of hydrogen-bond acceptors (Lipinski definition) is 3. The first kappa shape index (κ1) is 14.7. The molecule has 1 unspecified atom stereocenters. The number of nitrogens with zero attached hydrogens (tertiary/aromatic N) is 3. The monoisotopic (exact) mass is 317 g/mol. The molecular weight excluding hydrogens is 298 g/mol. The van der Waals surface area contributed by atoms with Gasteiger partial charge in [-0.2, -0.15) is 0 Å². The van der Waals surface area contributed by atoms with E-state index in [0.717, 1.165) is 16.8 Å². The summed E-state index contributed by atoms with van der Waals surface area (Å²) in [7, 11) is 0. The molecule has 0 saturated heterocycles. The second-order valence-corrected chi connectivity index (χ2v) is 6.28. The van der Waals surface area contributed by atoms with Gasteiger partial charge in [0.05, 0.1) is 5.52 Å². The van der Waals surface area contributed by atoms with Gasteiger partial charge >= 0.3 is 0 Å². The topological polar surface area (TPSA) is 39.9 Å². The highest BCUT2D eigenvalue weighted by atomic mass is 16.5. The summed E-state index contributed by atoms with van der Waals surface area (Å²) in [6, 6.07) is 22.4. The number of fused-ring (bicyclic) bond motifs is 2. The lowest BCUT2D eigenvalue weighted by Crippen LogP contribution is -2.22. The minimum atomic E-state index is -0.210. The standard InChI is InChI=1S/C20H19N3O/c1-14(2)20(23-19-10-6-5-9-18(19)21-22-23)24-17-12-11-15-7-3-4-8-16(15)13-17/h3-14,20H,1-2H3. The van der Waals surface area contributed by atoms with E-state index in [-0.39, 0.29) is 12.1 Å². The largest absolute Gasteiger partial charge is 0.468 e. The van der Waals surface area contributed by atoms with Crippen LogP contribution in [0.2, 0.25) is 0 Å². The van der Waals surface area contributed by atoms with Gasteiger partial charge in [0, 0.05) is 5.92 Å². The minimum Gasteiger partial charge on any atom is -0.468 e. The van der Waals surface area contributed by atoms with Gasteiger partial charge in [-0.25, -0.2) is 4.68 Å². The summed E-state index contributed by atoms with van der Waals surface area (Å²) in [5.74, 6) is 1.09. The van der Waals surface area contributed by atoms with Crippen LogP contribution in [0.15, 0.2) is 66.7 Å². The second-order valence-electron chi connectivity index (χ2n) is 6.28.